The van der Waals surface area contributed by atoms with Crippen LogP contribution in [0, 0.1) is 11.7 Å². The van der Waals surface area contributed by atoms with Gasteiger partial charge in [-0.25, -0.2) is 9.97 Å². The van der Waals surface area contributed by atoms with Crippen LogP contribution in [-0.2, 0) is 0 Å². The summed E-state index contributed by atoms with van der Waals surface area (Å²) < 4.78 is 2.41. The van der Waals surface area contributed by atoms with Gasteiger partial charge in [-0.1, -0.05) is 59.1 Å². The molecule has 3 aromatic heterocycles. The third-order valence-electron chi connectivity index (χ3n) is 5.06. The number of hydrogen-bond donors (Lipinski definition) is 1. The zero-order valence-corrected chi connectivity index (χ0v) is 18.8. The van der Waals surface area contributed by atoms with Crippen molar-refractivity contribution in [2.45, 2.75) is 6.92 Å². The van der Waals surface area contributed by atoms with E-state index in [1.54, 1.807) is 6.07 Å². The molecule has 5 aromatic rings. The molecule has 0 aliphatic carbocycles. The molecule has 0 aliphatic heterocycles. The lowest BCUT2D eigenvalue weighted by Gasteiger charge is -2.09. The van der Waals surface area contributed by atoms with Gasteiger partial charge in [0.2, 0.25) is 0 Å². The molecule has 0 amide bonds. The molecule has 0 saturated heterocycles. The third-order valence-corrected chi connectivity index (χ3v) is 5.80. The number of H-pyrrole nitrogens is 1. The minimum atomic E-state index is 0.395. The maximum Gasteiger partial charge on any atom is 0.197 e. The van der Waals surface area contributed by atoms with E-state index >= 15 is 0 Å². The Balaban J connectivity index is 1.79. The molecule has 1 N–H and O–H groups in total. The van der Waals surface area contributed by atoms with Crippen molar-refractivity contribution in [2.75, 3.05) is 0 Å². The minimum Gasteiger partial charge on any atom is -0.329 e. The quantitative estimate of drug-likeness (QED) is 0.284. The number of halogens is 2. The van der Waals surface area contributed by atoms with E-state index < -0.39 is 0 Å². The summed E-state index contributed by atoms with van der Waals surface area (Å²) in [5.41, 5.74) is 6.94. The third kappa shape index (κ3) is 3.76. The maximum atomic E-state index is 6.55. The van der Waals surface area contributed by atoms with Gasteiger partial charge in [-0.3, -0.25) is 4.40 Å². The zero-order chi connectivity index (χ0) is 21.5. The summed E-state index contributed by atoms with van der Waals surface area (Å²) in [7, 11) is 0. The molecule has 152 valence electrons. The molecule has 0 radical (unpaired) electrons. The number of fused-ring (bicyclic) bond motifs is 1. The standard InChI is InChI=1S/C24H16Cl2N4S/c1-14-5-7-15(8-6-14)19-13-20(28-24(31)27-19)23-22(17-10-9-16(25)12-18(17)26)29-21-4-2-3-11-30(21)23/h2-13H,1H3,(H,27,28,31). The number of aromatic amines is 1. The first-order valence-corrected chi connectivity index (χ1v) is 10.8. The van der Waals surface area contributed by atoms with Crippen molar-refractivity contribution in [1.82, 2.24) is 19.4 Å². The molecule has 3 heterocycles. The van der Waals surface area contributed by atoms with E-state index in [-0.39, 0.29) is 0 Å². The van der Waals surface area contributed by atoms with Crippen LogP contribution in [0.15, 0.2) is 72.9 Å². The first-order valence-electron chi connectivity index (χ1n) is 9.61. The van der Waals surface area contributed by atoms with E-state index in [1.165, 1.54) is 5.56 Å². The van der Waals surface area contributed by atoms with Crippen LogP contribution in [0.4, 0.5) is 0 Å². The second-order valence-electron chi connectivity index (χ2n) is 7.21. The van der Waals surface area contributed by atoms with Crippen LogP contribution in [0.1, 0.15) is 5.56 Å². The summed E-state index contributed by atoms with van der Waals surface area (Å²) >= 11 is 18.1. The first-order chi connectivity index (χ1) is 15.0. The van der Waals surface area contributed by atoms with Crippen LogP contribution in [0.3, 0.4) is 0 Å². The molecule has 0 unspecified atom stereocenters. The normalized spacial score (nSPS) is 11.2. The van der Waals surface area contributed by atoms with E-state index in [2.05, 4.69) is 29.0 Å². The fourth-order valence-electron chi connectivity index (χ4n) is 3.58. The molecule has 7 heteroatoms. The summed E-state index contributed by atoms with van der Waals surface area (Å²) in [6, 6.07) is 21.5. The number of aromatic nitrogens is 4. The summed E-state index contributed by atoms with van der Waals surface area (Å²) in [6.45, 7) is 2.06. The molecule has 0 atom stereocenters. The van der Waals surface area contributed by atoms with Crippen molar-refractivity contribution in [2.24, 2.45) is 0 Å². The molecule has 2 aromatic carbocycles. The number of pyridine rings is 1. The SMILES string of the molecule is Cc1ccc(-c2cc(-c3c(-c4ccc(Cl)cc4Cl)nc4ccccn34)[nH]c(=S)n2)cc1. The smallest absolute Gasteiger partial charge is 0.197 e. The Morgan fingerprint density at radius 1 is 0.935 bits per heavy atom. The molecule has 0 bridgehead atoms. The van der Waals surface area contributed by atoms with Crippen molar-refractivity contribution in [3.05, 3.63) is 93.3 Å². The summed E-state index contributed by atoms with van der Waals surface area (Å²) in [6.07, 6.45) is 1.97. The van der Waals surface area contributed by atoms with Crippen LogP contribution in [0.25, 0.3) is 39.5 Å². The van der Waals surface area contributed by atoms with Gasteiger partial charge in [0, 0.05) is 22.3 Å². The Bertz CT molecular complexity index is 1490. The van der Waals surface area contributed by atoms with Crippen molar-refractivity contribution in [3.63, 3.8) is 0 Å². The number of rotatable bonds is 3. The van der Waals surface area contributed by atoms with Gasteiger partial charge in [0.15, 0.2) is 4.77 Å². The predicted molar refractivity (Wildman–Crippen MR) is 129 cm³/mol. The van der Waals surface area contributed by atoms with Crippen LogP contribution in [0.5, 0.6) is 0 Å². The second kappa shape index (κ2) is 7.93. The number of aryl methyl sites for hydroxylation is 1. The van der Waals surface area contributed by atoms with E-state index in [0.29, 0.717) is 14.8 Å². The molecule has 5 rings (SSSR count). The molecule has 0 aliphatic rings. The Labute approximate surface area is 194 Å². The van der Waals surface area contributed by atoms with Crippen molar-refractivity contribution in [3.8, 4) is 33.9 Å². The number of nitrogens with zero attached hydrogens (tertiary/aromatic N) is 3. The van der Waals surface area contributed by atoms with Gasteiger partial charge in [0.25, 0.3) is 0 Å². The second-order valence-corrected chi connectivity index (χ2v) is 8.44. The van der Waals surface area contributed by atoms with Crippen molar-refractivity contribution < 1.29 is 0 Å². The Hall–Kier alpha value is -2.99. The molecule has 31 heavy (non-hydrogen) atoms. The average molecular weight is 463 g/mol. The lowest BCUT2D eigenvalue weighted by atomic mass is 10.1. The summed E-state index contributed by atoms with van der Waals surface area (Å²) in [4.78, 5) is 12.6. The van der Waals surface area contributed by atoms with Gasteiger partial charge in [0.05, 0.1) is 22.1 Å². The van der Waals surface area contributed by atoms with Crippen LogP contribution < -0.4 is 0 Å². The maximum absolute atomic E-state index is 6.55. The highest BCUT2D eigenvalue weighted by molar-refractivity contribution is 7.71. The fraction of sp³-hybridized carbons (Fsp3) is 0.0417. The topological polar surface area (TPSA) is 46.0 Å². The first kappa shape index (κ1) is 19.9. The molecular formula is C24H16Cl2N4S. The molecule has 0 saturated carbocycles. The van der Waals surface area contributed by atoms with E-state index in [9.17, 15) is 0 Å². The number of nitrogens with one attached hydrogen (secondary N) is 1. The summed E-state index contributed by atoms with van der Waals surface area (Å²) in [5, 5.41) is 1.10. The fourth-order valence-corrected chi connectivity index (χ4v) is 4.29. The Morgan fingerprint density at radius 3 is 2.52 bits per heavy atom. The van der Waals surface area contributed by atoms with Gasteiger partial charge in [-0.15, -0.1) is 0 Å². The lowest BCUT2D eigenvalue weighted by Crippen LogP contribution is -1.96. The van der Waals surface area contributed by atoms with Crippen LogP contribution >= 0.6 is 35.4 Å². The minimum absolute atomic E-state index is 0.395. The Kier molecular flexibility index (Phi) is 5.10. The average Bonchev–Trinajstić information content (AvgIpc) is 3.13. The molecule has 4 nitrogen and oxygen atoms in total. The molecule has 0 fully saturated rings. The highest BCUT2D eigenvalue weighted by Crippen LogP contribution is 2.37. The monoisotopic (exact) mass is 462 g/mol. The van der Waals surface area contributed by atoms with Gasteiger partial charge in [0.1, 0.15) is 11.3 Å². The Morgan fingerprint density at radius 2 is 1.74 bits per heavy atom. The van der Waals surface area contributed by atoms with E-state index in [1.807, 2.05) is 59.1 Å². The van der Waals surface area contributed by atoms with Gasteiger partial charge < -0.3 is 4.98 Å². The summed E-state index contributed by atoms with van der Waals surface area (Å²) in [5.74, 6) is 0. The van der Waals surface area contributed by atoms with Crippen molar-refractivity contribution >= 4 is 41.1 Å². The number of hydrogen-bond acceptors (Lipinski definition) is 3. The van der Waals surface area contributed by atoms with Gasteiger partial charge in [-0.05, 0) is 55.5 Å². The van der Waals surface area contributed by atoms with Crippen molar-refractivity contribution in [1.29, 1.82) is 0 Å². The van der Waals surface area contributed by atoms with Gasteiger partial charge in [-0.2, -0.15) is 0 Å². The lowest BCUT2D eigenvalue weighted by molar-refractivity contribution is 1.11. The van der Waals surface area contributed by atoms with Crippen LogP contribution in [-0.4, -0.2) is 19.4 Å². The number of benzene rings is 2. The predicted octanol–water partition coefficient (Wildman–Crippen LogP) is 7.40. The largest absolute Gasteiger partial charge is 0.329 e. The zero-order valence-electron chi connectivity index (χ0n) is 16.4. The highest BCUT2D eigenvalue weighted by Gasteiger charge is 2.19. The molecule has 0 spiro atoms. The highest BCUT2D eigenvalue weighted by atomic mass is 35.5. The molecular weight excluding hydrogens is 447 g/mol. The van der Waals surface area contributed by atoms with Gasteiger partial charge >= 0.3 is 0 Å². The van der Waals surface area contributed by atoms with E-state index in [4.69, 9.17) is 40.4 Å². The number of imidazole rings is 1. The van der Waals surface area contributed by atoms with Crippen LogP contribution in [0.2, 0.25) is 10.0 Å². The van der Waals surface area contributed by atoms with E-state index in [0.717, 1.165) is 39.5 Å².